The summed E-state index contributed by atoms with van der Waals surface area (Å²) in [6, 6.07) is 6.15. The van der Waals surface area contributed by atoms with E-state index in [9.17, 15) is 8.78 Å². The maximum atomic E-state index is 13.6. The van der Waals surface area contributed by atoms with E-state index in [4.69, 9.17) is 0 Å². The minimum atomic E-state index is -0.552. The Bertz CT molecular complexity index is 451. The maximum absolute atomic E-state index is 13.6. The van der Waals surface area contributed by atoms with Crippen molar-refractivity contribution in [1.82, 2.24) is 4.57 Å². The number of hydrogen-bond donors (Lipinski definition) is 0. The normalized spacial score (nSPS) is 10.4. The Balaban J connectivity index is 2.69. The number of aromatic nitrogens is 1. The molecule has 2 rings (SSSR count). The summed E-state index contributed by atoms with van der Waals surface area (Å²) in [5.74, 6) is -1.06. The van der Waals surface area contributed by atoms with Gasteiger partial charge >= 0.3 is 91.6 Å². The standard InChI is InChI=1S/C10H6F2N.Ti/c11-8-4-3-5-9(12)10(8)13-6-1-2-7-13;/h1-4,6-7H;. The summed E-state index contributed by atoms with van der Waals surface area (Å²) in [4.78, 5) is 0. The fourth-order valence-electron chi connectivity index (χ4n) is 1.26. The molecule has 69 valence electrons. The van der Waals surface area contributed by atoms with Gasteiger partial charge in [-0.05, 0) is 0 Å². The molecule has 14 heavy (non-hydrogen) atoms. The van der Waals surface area contributed by atoms with Crippen LogP contribution in [0, 0.1) is 11.6 Å². The molecular weight excluding hydrogens is 220 g/mol. The van der Waals surface area contributed by atoms with E-state index in [-0.39, 0.29) is 5.69 Å². The van der Waals surface area contributed by atoms with Gasteiger partial charge in [0.05, 0.1) is 0 Å². The van der Waals surface area contributed by atoms with Gasteiger partial charge in [0.25, 0.3) is 0 Å². The molecule has 0 fully saturated rings. The van der Waals surface area contributed by atoms with Crippen LogP contribution in [0.1, 0.15) is 0 Å². The number of halogens is 2. The number of rotatable bonds is 1. The molecule has 0 saturated heterocycles. The first-order valence-electron chi connectivity index (χ1n) is 4.03. The van der Waals surface area contributed by atoms with Crippen molar-refractivity contribution in [2.24, 2.45) is 0 Å². The second-order valence-electron chi connectivity index (χ2n) is 2.85. The fraction of sp³-hybridized carbons (Fsp3) is 0. The zero-order chi connectivity index (χ0) is 10.1. The summed E-state index contributed by atoms with van der Waals surface area (Å²) in [5, 5.41) is 0. The molecule has 0 atom stereocenters. The summed E-state index contributed by atoms with van der Waals surface area (Å²) in [6.45, 7) is 0. The van der Waals surface area contributed by atoms with Gasteiger partial charge in [0, 0.05) is 0 Å². The van der Waals surface area contributed by atoms with Crippen LogP contribution in [-0.4, -0.2) is 4.57 Å². The summed E-state index contributed by atoms with van der Waals surface area (Å²) >= 11 is 1.61. The molecule has 0 radical (unpaired) electrons. The van der Waals surface area contributed by atoms with Gasteiger partial charge < -0.3 is 0 Å². The van der Waals surface area contributed by atoms with Crippen molar-refractivity contribution in [3.05, 3.63) is 48.3 Å². The Kier molecular flexibility index (Phi) is 2.53. The molecule has 0 aliphatic rings. The van der Waals surface area contributed by atoms with Crippen molar-refractivity contribution in [3.8, 4) is 5.69 Å². The summed E-state index contributed by atoms with van der Waals surface area (Å²) in [5.41, 5.74) is -0.0185. The first kappa shape index (κ1) is 9.62. The van der Waals surface area contributed by atoms with Crippen molar-refractivity contribution in [3.63, 3.8) is 0 Å². The van der Waals surface area contributed by atoms with E-state index in [0.717, 1.165) is 0 Å². The first-order chi connectivity index (χ1) is 6.70. The van der Waals surface area contributed by atoms with Crippen LogP contribution >= 0.6 is 0 Å². The van der Waals surface area contributed by atoms with Gasteiger partial charge in [0.15, 0.2) is 0 Å². The molecule has 0 aliphatic carbocycles. The van der Waals surface area contributed by atoms with Crippen molar-refractivity contribution in [2.45, 2.75) is 0 Å². The monoisotopic (exact) mass is 226 g/mol. The van der Waals surface area contributed by atoms with Crippen molar-refractivity contribution in [2.75, 3.05) is 0 Å². The average Bonchev–Trinajstić information content (AvgIpc) is 2.65. The van der Waals surface area contributed by atoms with Crippen LogP contribution in [0.25, 0.3) is 5.69 Å². The van der Waals surface area contributed by atoms with Crippen molar-refractivity contribution < 1.29 is 29.2 Å². The molecule has 4 heteroatoms. The molecule has 1 aromatic heterocycles. The molecule has 2 aromatic rings. The van der Waals surface area contributed by atoms with Crippen LogP contribution < -0.4 is 3.87 Å². The summed E-state index contributed by atoms with van der Waals surface area (Å²) in [6.07, 6.45) is 3.22. The van der Waals surface area contributed by atoms with Gasteiger partial charge in [-0.25, -0.2) is 0 Å². The Morgan fingerprint density at radius 1 is 1.07 bits per heavy atom. The van der Waals surface area contributed by atoms with E-state index in [1.807, 2.05) is 0 Å². The zero-order valence-corrected chi connectivity index (χ0v) is 8.73. The van der Waals surface area contributed by atoms with E-state index in [0.29, 0.717) is 3.87 Å². The quantitative estimate of drug-likeness (QED) is 0.654. The molecule has 0 saturated carbocycles. The van der Waals surface area contributed by atoms with E-state index in [1.165, 1.54) is 16.7 Å². The SMILES string of the molecule is Fc1cc[c]([Ti])c(F)c1-n1cccc1. The molecule has 1 nitrogen and oxygen atoms in total. The van der Waals surface area contributed by atoms with Crippen LogP contribution in [-0.2, 0) is 20.4 Å². The average molecular weight is 226 g/mol. The third kappa shape index (κ3) is 1.53. The topological polar surface area (TPSA) is 4.93 Å². The third-order valence-electron chi connectivity index (χ3n) is 1.93. The van der Waals surface area contributed by atoms with Crippen LogP contribution in [0.15, 0.2) is 36.7 Å². The molecule has 0 unspecified atom stereocenters. The fourth-order valence-corrected chi connectivity index (χ4v) is 1.58. The number of benzene rings is 1. The van der Waals surface area contributed by atoms with Crippen LogP contribution in [0.5, 0.6) is 0 Å². The van der Waals surface area contributed by atoms with E-state index >= 15 is 0 Å². The Morgan fingerprint density at radius 2 is 1.71 bits per heavy atom. The number of hydrogen-bond acceptors (Lipinski definition) is 0. The Labute approximate surface area is 91.8 Å². The van der Waals surface area contributed by atoms with Crippen LogP contribution in [0.4, 0.5) is 8.78 Å². The van der Waals surface area contributed by atoms with E-state index in [2.05, 4.69) is 0 Å². The second-order valence-corrected chi connectivity index (χ2v) is 3.69. The van der Waals surface area contributed by atoms with Gasteiger partial charge in [0.1, 0.15) is 0 Å². The summed E-state index contributed by atoms with van der Waals surface area (Å²) < 4.78 is 28.8. The molecule has 0 N–H and O–H groups in total. The van der Waals surface area contributed by atoms with Gasteiger partial charge in [-0.3, -0.25) is 0 Å². The molecule has 0 amide bonds. The first-order valence-corrected chi connectivity index (χ1v) is 4.81. The zero-order valence-electron chi connectivity index (χ0n) is 7.17. The molecule has 1 heterocycles. The summed E-state index contributed by atoms with van der Waals surface area (Å²) in [7, 11) is 0. The second kappa shape index (κ2) is 3.67. The molecule has 0 spiro atoms. The predicted molar refractivity (Wildman–Crippen MR) is 45.3 cm³/mol. The van der Waals surface area contributed by atoms with E-state index in [1.54, 1.807) is 45.0 Å². The van der Waals surface area contributed by atoms with Crippen LogP contribution in [0.2, 0.25) is 0 Å². The van der Waals surface area contributed by atoms with Gasteiger partial charge in [-0.1, -0.05) is 0 Å². The third-order valence-corrected chi connectivity index (χ3v) is 2.53. The number of nitrogens with zero attached hydrogens (tertiary/aromatic N) is 1. The molecule has 0 bridgehead atoms. The minimum absolute atomic E-state index is 0.0185. The van der Waals surface area contributed by atoms with Crippen LogP contribution in [0.3, 0.4) is 0 Å². The van der Waals surface area contributed by atoms with Gasteiger partial charge in [0.2, 0.25) is 0 Å². The van der Waals surface area contributed by atoms with Crippen molar-refractivity contribution in [1.29, 1.82) is 0 Å². The Morgan fingerprint density at radius 3 is 2.36 bits per heavy atom. The predicted octanol–water partition coefficient (Wildman–Crippen LogP) is 1.93. The molecule has 0 aliphatic heterocycles. The van der Waals surface area contributed by atoms with Gasteiger partial charge in [-0.2, -0.15) is 0 Å². The van der Waals surface area contributed by atoms with Gasteiger partial charge in [-0.15, -0.1) is 0 Å². The van der Waals surface area contributed by atoms with Crippen molar-refractivity contribution >= 4 is 3.87 Å². The molecule has 1 aromatic carbocycles. The molecular formula is C10H6F2NTi. The Hall–Kier alpha value is -0.926. The van der Waals surface area contributed by atoms with E-state index < -0.39 is 11.6 Å².